The number of hydrogen-bond donors (Lipinski definition) is 0. The lowest BCUT2D eigenvalue weighted by Gasteiger charge is -2.30. The minimum Gasteiger partial charge on any atom is -0.497 e. The summed E-state index contributed by atoms with van der Waals surface area (Å²) in [4.78, 5) is 63.6. The van der Waals surface area contributed by atoms with Crippen LogP contribution in [0.5, 0.6) is 5.75 Å². The number of benzene rings is 2. The molecule has 2 aromatic carbocycles. The van der Waals surface area contributed by atoms with Gasteiger partial charge in [0.25, 0.3) is 23.4 Å². The Bertz CT molecular complexity index is 1220. The van der Waals surface area contributed by atoms with Crippen molar-refractivity contribution in [2.75, 3.05) is 13.7 Å². The van der Waals surface area contributed by atoms with Gasteiger partial charge in [0.2, 0.25) is 0 Å². The van der Waals surface area contributed by atoms with Gasteiger partial charge in [0.15, 0.2) is 5.78 Å². The van der Waals surface area contributed by atoms with Gasteiger partial charge in [-0.25, -0.2) is 5.01 Å². The number of Topliss-reactive ketones (excluding diaryl/α,β-unsaturated/α-hetero) is 1. The molecule has 4 rings (SSSR count). The van der Waals surface area contributed by atoms with Gasteiger partial charge in [-0.1, -0.05) is 19.1 Å². The Kier molecular flexibility index (Phi) is 6.46. The number of hydrogen-bond acceptors (Lipinski definition) is 7. The van der Waals surface area contributed by atoms with Gasteiger partial charge in [-0.05, 0) is 48.7 Å². The zero-order valence-electron chi connectivity index (χ0n) is 19.1. The van der Waals surface area contributed by atoms with Gasteiger partial charge in [-0.15, -0.1) is 0 Å². The highest BCUT2D eigenvalue weighted by molar-refractivity contribution is 6.09. The second-order valence-corrected chi connectivity index (χ2v) is 8.46. The standard InChI is InChI=1S/C25H23N3O7/c1-15-4-3-5-20-22(15)25(32)27(24(20)31)26(14-21(29)16-8-12-19(35-2)13-9-16)23(30)17-6-10-18(11-7-17)28(33)34/h3-4,6-13,15,20,22H,5,14H2,1-2H3/t15-,20+,22+/m0/s1. The highest BCUT2D eigenvalue weighted by Gasteiger charge is 2.53. The number of hydrazine groups is 1. The minimum absolute atomic E-state index is 0.000207. The molecule has 1 fully saturated rings. The molecule has 10 heteroatoms. The van der Waals surface area contributed by atoms with Gasteiger partial charge in [0.1, 0.15) is 12.3 Å². The van der Waals surface area contributed by atoms with E-state index < -0.39 is 46.8 Å². The molecule has 2 aromatic rings. The Morgan fingerprint density at radius 2 is 1.69 bits per heavy atom. The molecular formula is C25H23N3O7. The quantitative estimate of drug-likeness (QED) is 0.197. The molecule has 1 heterocycles. The normalized spacial score (nSPS) is 21.0. The molecule has 35 heavy (non-hydrogen) atoms. The van der Waals surface area contributed by atoms with Crippen molar-refractivity contribution in [3.63, 3.8) is 0 Å². The number of ether oxygens (including phenoxy) is 1. The van der Waals surface area contributed by atoms with Crippen LogP contribution in [0.15, 0.2) is 60.7 Å². The fraction of sp³-hybridized carbons (Fsp3) is 0.280. The third kappa shape index (κ3) is 4.42. The van der Waals surface area contributed by atoms with E-state index in [9.17, 15) is 29.3 Å². The SMILES string of the molecule is COc1ccc(C(=O)CN(C(=O)c2ccc([N+](=O)[O-])cc2)N2C(=O)[C@@H]3[C@@H](C)C=CC[C@H]3C2=O)cc1. The number of rotatable bonds is 7. The summed E-state index contributed by atoms with van der Waals surface area (Å²) in [6, 6.07) is 11.0. The summed E-state index contributed by atoms with van der Waals surface area (Å²) in [6.07, 6.45) is 4.06. The molecule has 180 valence electrons. The van der Waals surface area contributed by atoms with Gasteiger partial charge >= 0.3 is 0 Å². The predicted molar refractivity (Wildman–Crippen MR) is 123 cm³/mol. The Morgan fingerprint density at radius 1 is 1.06 bits per heavy atom. The van der Waals surface area contributed by atoms with E-state index in [2.05, 4.69) is 0 Å². The van der Waals surface area contributed by atoms with E-state index >= 15 is 0 Å². The number of nitrogens with zero attached hydrogens (tertiary/aromatic N) is 3. The van der Waals surface area contributed by atoms with E-state index in [-0.39, 0.29) is 22.7 Å². The number of imide groups is 1. The lowest BCUT2D eigenvalue weighted by molar-refractivity contribution is -0.384. The lowest BCUT2D eigenvalue weighted by atomic mass is 9.78. The van der Waals surface area contributed by atoms with Crippen LogP contribution in [0.1, 0.15) is 34.1 Å². The Balaban J connectivity index is 1.69. The number of ketones is 1. The topological polar surface area (TPSA) is 127 Å². The highest BCUT2D eigenvalue weighted by atomic mass is 16.6. The van der Waals surface area contributed by atoms with E-state index in [0.29, 0.717) is 12.2 Å². The molecule has 0 radical (unpaired) electrons. The van der Waals surface area contributed by atoms with Crippen molar-refractivity contribution in [2.45, 2.75) is 13.3 Å². The van der Waals surface area contributed by atoms with Crippen LogP contribution < -0.4 is 4.74 Å². The zero-order valence-corrected chi connectivity index (χ0v) is 19.1. The molecule has 0 saturated carbocycles. The molecule has 0 N–H and O–H groups in total. The summed E-state index contributed by atoms with van der Waals surface area (Å²) in [7, 11) is 1.49. The molecule has 0 spiro atoms. The molecule has 2 aliphatic rings. The minimum atomic E-state index is -0.789. The first-order valence-corrected chi connectivity index (χ1v) is 11.0. The number of nitro groups is 1. The highest BCUT2D eigenvalue weighted by Crippen LogP contribution is 2.39. The van der Waals surface area contributed by atoms with E-state index in [1.165, 1.54) is 31.4 Å². The Morgan fingerprint density at radius 3 is 2.26 bits per heavy atom. The lowest BCUT2D eigenvalue weighted by Crippen LogP contribution is -2.52. The third-order valence-corrected chi connectivity index (χ3v) is 6.36. The Labute approximate surface area is 200 Å². The van der Waals surface area contributed by atoms with Crippen LogP contribution in [0.4, 0.5) is 5.69 Å². The number of carbonyl (C=O) groups is 4. The van der Waals surface area contributed by atoms with E-state index in [0.717, 1.165) is 22.2 Å². The van der Waals surface area contributed by atoms with Gasteiger partial charge in [-0.2, -0.15) is 5.01 Å². The van der Waals surface area contributed by atoms with Gasteiger partial charge in [0, 0.05) is 23.3 Å². The maximum atomic E-state index is 13.5. The number of amides is 3. The monoisotopic (exact) mass is 477 g/mol. The smallest absolute Gasteiger partial charge is 0.273 e. The summed E-state index contributed by atoms with van der Waals surface area (Å²) in [5.41, 5.74) is 0.0419. The first-order chi connectivity index (χ1) is 16.7. The van der Waals surface area contributed by atoms with Crippen molar-refractivity contribution in [3.05, 3.63) is 81.9 Å². The number of carbonyl (C=O) groups excluding carboxylic acids is 4. The van der Waals surface area contributed by atoms with Crippen molar-refractivity contribution in [3.8, 4) is 5.75 Å². The molecule has 0 unspecified atom stereocenters. The summed E-state index contributed by atoms with van der Waals surface area (Å²) in [5.74, 6) is -3.29. The first-order valence-electron chi connectivity index (χ1n) is 11.0. The number of non-ortho nitro benzene ring substituents is 1. The number of fused-ring (bicyclic) bond motifs is 1. The molecular weight excluding hydrogens is 454 g/mol. The van der Waals surface area contributed by atoms with Crippen molar-refractivity contribution in [2.24, 2.45) is 17.8 Å². The van der Waals surface area contributed by atoms with Crippen molar-refractivity contribution in [1.29, 1.82) is 0 Å². The van der Waals surface area contributed by atoms with E-state index in [1.807, 2.05) is 19.1 Å². The van der Waals surface area contributed by atoms with E-state index in [1.54, 1.807) is 12.1 Å². The van der Waals surface area contributed by atoms with Crippen LogP contribution in [0.2, 0.25) is 0 Å². The third-order valence-electron chi connectivity index (χ3n) is 6.36. The van der Waals surface area contributed by atoms with Gasteiger partial charge < -0.3 is 4.74 Å². The molecule has 1 aliphatic heterocycles. The summed E-state index contributed by atoms with van der Waals surface area (Å²) >= 11 is 0. The summed E-state index contributed by atoms with van der Waals surface area (Å²) in [6.45, 7) is 1.26. The first kappa shape index (κ1) is 23.8. The van der Waals surface area contributed by atoms with Crippen LogP contribution in [0, 0.1) is 27.9 Å². The second kappa shape index (κ2) is 9.49. The van der Waals surface area contributed by atoms with Crippen LogP contribution >= 0.6 is 0 Å². The average molecular weight is 477 g/mol. The maximum Gasteiger partial charge on any atom is 0.273 e. The van der Waals surface area contributed by atoms with Crippen molar-refractivity contribution >= 4 is 29.2 Å². The number of allylic oxidation sites excluding steroid dienone is 2. The molecule has 0 aromatic heterocycles. The van der Waals surface area contributed by atoms with Crippen LogP contribution in [-0.2, 0) is 9.59 Å². The second-order valence-electron chi connectivity index (χ2n) is 8.46. The molecule has 0 bridgehead atoms. The van der Waals surface area contributed by atoms with Crippen LogP contribution in [-0.4, -0.2) is 52.1 Å². The number of methoxy groups -OCH3 is 1. The summed E-state index contributed by atoms with van der Waals surface area (Å²) in [5, 5.41) is 12.6. The zero-order chi connectivity index (χ0) is 25.3. The maximum absolute atomic E-state index is 13.5. The van der Waals surface area contributed by atoms with Crippen LogP contribution in [0.3, 0.4) is 0 Å². The fourth-order valence-corrected chi connectivity index (χ4v) is 4.48. The van der Waals surface area contributed by atoms with Crippen molar-refractivity contribution < 1.29 is 28.8 Å². The fourth-order valence-electron chi connectivity index (χ4n) is 4.48. The van der Waals surface area contributed by atoms with E-state index in [4.69, 9.17) is 4.74 Å². The van der Waals surface area contributed by atoms with Crippen molar-refractivity contribution in [1.82, 2.24) is 10.0 Å². The average Bonchev–Trinajstić information content (AvgIpc) is 3.12. The largest absolute Gasteiger partial charge is 0.497 e. The van der Waals surface area contributed by atoms with Crippen LogP contribution in [0.25, 0.3) is 0 Å². The molecule has 10 nitrogen and oxygen atoms in total. The predicted octanol–water partition coefficient (Wildman–Crippen LogP) is 3.04. The number of nitro benzene ring substituents is 1. The van der Waals surface area contributed by atoms with Gasteiger partial charge in [0.05, 0.1) is 23.9 Å². The Hall–Kier alpha value is -4.34. The van der Waals surface area contributed by atoms with Gasteiger partial charge in [-0.3, -0.25) is 29.3 Å². The summed E-state index contributed by atoms with van der Waals surface area (Å²) < 4.78 is 5.10. The molecule has 1 saturated heterocycles. The molecule has 3 atom stereocenters. The molecule has 1 aliphatic carbocycles. The molecule has 3 amide bonds.